The summed E-state index contributed by atoms with van der Waals surface area (Å²) in [4.78, 5) is 44.4. The van der Waals surface area contributed by atoms with Crippen molar-refractivity contribution in [1.82, 2.24) is 14.8 Å². The van der Waals surface area contributed by atoms with Gasteiger partial charge in [-0.15, -0.1) is 0 Å². The van der Waals surface area contributed by atoms with Crippen LogP contribution in [0.4, 0.5) is 0 Å². The zero-order valence-electron chi connectivity index (χ0n) is 15.8. The predicted octanol–water partition coefficient (Wildman–Crippen LogP) is 1.09. The number of aromatic amines is 1. The molecule has 2 aliphatic rings. The van der Waals surface area contributed by atoms with Crippen molar-refractivity contribution in [2.24, 2.45) is 5.41 Å². The van der Waals surface area contributed by atoms with Crippen LogP contribution in [-0.4, -0.2) is 66.5 Å². The Labute approximate surface area is 153 Å². The van der Waals surface area contributed by atoms with Crippen LogP contribution in [0, 0.1) is 19.3 Å². The number of hydrogen-bond acceptors (Lipinski definition) is 4. The van der Waals surface area contributed by atoms with Crippen molar-refractivity contribution in [3.05, 3.63) is 33.2 Å². The molecule has 7 heteroatoms. The van der Waals surface area contributed by atoms with Crippen molar-refractivity contribution in [2.45, 2.75) is 33.1 Å². The Morgan fingerprint density at radius 1 is 1.27 bits per heavy atom. The van der Waals surface area contributed by atoms with Gasteiger partial charge in [0.1, 0.15) is 5.56 Å². The molecule has 26 heavy (non-hydrogen) atoms. The monoisotopic (exact) mass is 361 g/mol. The quantitative estimate of drug-likeness (QED) is 0.870. The molecule has 2 aliphatic heterocycles. The van der Waals surface area contributed by atoms with Gasteiger partial charge in [0.2, 0.25) is 5.91 Å². The molecule has 142 valence electrons. The second kappa shape index (κ2) is 7.23. The predicted molar refractivity (Wildman–Crippen MR) is 97.2 cm³/mol. The highest BCUT2D eigenvalue weighted by atomic mass is 16.5. The summed E-state index contributed by atoms with van der Waals surface area (Å²) in [5.74, 6) is -0.159. The maximum absolute atomic E-state index is 13.0. The third-order valence-electron chi connectivity index (χ3n) is 5.61. The lowest BCUT2D eigenvalue weighted by Gasteiger charge is -2.39. The van der Waals surface area contributed by atoms with E-state index in [4.69, 9.17) is 4.74 Å². The second-order valence-corrected chi connectivity index (χ2v) is 7.49. The van der Waals surface area contributed by atoms with Gasteiger partial charge in [-0.25, -0.2) is 0 Å². The van der Waals surface area contributed by atoms with Crippen LogP contribution in [0.15, 0.2) is 10.9 Å². The third-order valence-corrected chi connectivity index (χ3v) is 5.61. The van der Waals surface area contributed by atoms with E-state index >= 15 is 0 Å². The number of carbonyl (C=O) groups excluding carboxylic acids is 2. The van der Waals surface area contributed by atoms with Crippen LogP contribution in [0.2, 0.25) is 0 Å². The minimum atomic E-state index is -0.507. The fourth-order valence-electron chi connectivity index (χ4n) is 4.27. The lowest BCUT2D eigenvalue weighted by molar-refractivity contribution is -0.146. The number of pyridine rings is 1. The van der Waals surface area contributed by atoms with Crippen LogP contribution in [0.5, 0.6) is 0 Å². The maximum atomic E-state index is 13.0. The molecule has 1 aromatic heterocycles. The summed E-state index contributed by atoms with van der Waals surface area (Å²) in [7, 11) is 1.63. The number of ether oxygens (including phenoxy) is 1. The first-order valence-electron chi connectivity index (χ1n) is 9.16. The molecule has 0 aromatic carbocycles. The topological polar surface area (TPSA) is 82.7 Å². The van der Waals surface area contributed by atoms with Gasteiger partial charge in [-0.2, -0.15) is 0 Å². The van der Waals surface area contributed by atoms with E-state index < -0.39 is 5.41 Å². The molecule has 2 fully saturated rings. The Bertz CT molecular complexity index is 773. The fraction of sp³-hybridized carbons (Fsp3) is 0.632. The van der Waals surface area contributed by atoms with E-state index in [2.05, 4.69) is 4.98 Å². The van der Waals surface area contributed by atoms with Gasteiger partial charge in [-0.3, -0.25) is 14.4 Å². The number of H-pyrrole nitrogens is 1. The second-order valence-electron chi connectivity index (χ2n) is 7.49. The van der Waals surface area contributed by atoms with Gasteiger partial charge in [0.15, 0.2) is 0 Å². The molecule has 1 atom stereocenters. The minimum absolute atomic E-state index is 0.116. The molecular weight excluding hydrogens is 334 g/mol. The summed E-state index contributed by atoms with van der Waals surface area (Å²) >= 11 is 0. The molecule has 3 rings (SSSR count). The van der Waals surface area contributed by atoms with E-state index in [0.717, 1.165) is 25.1 Å². The molecule has 0 bridgehead atoms. The zero-order valence-corrected chi connectivity index (χ0v) is 15.8. The molecule has 0 radical (unpaired) electrons. The van der Waals surface area contributed by atoms with Gasteiger partial charge < -0.3 is 19.5 Å². The van der Waals surface area contributed by atoms with Crippen molar-refractivity contribution < 1.29 is 14.3 Å². The summed E-state index contributed by atoms with van der Waals surface area (Å²) in [6.07, 6.45) is 2.38. The SMILES string of the molecule is COCCN1CCCC2(CCN(C(=O)c3c(C)cc(C)[nH]c3=O)C2)C1=O. The molecule has 0 saturated carbocycles. The Morgan fingerprint density at radius 3 is 2.73 bits per heavy atom. The molecular formula is C19H27N3O4. The number of hydrogen-bond donors (Lipinski definition) is 1. The van der Waals surface area contributed by atoms with E-state index in [-0.39, 0.29) is 22.9 Å². The molecule has 0 aliphatic carbocycles. The van der Waals surface area contributed by atoms with E-state index in [1.807, 2.05) is 4.90 Å². The average molecular weight is 361 g/mol. The van der Waals surface area contributed by atoms with Gasteiger partial charge in [0.25, 0.3) is 11.5 Å². The van der Waals surface area contributed by atoms with Crippen LogP contribution in [-0.2, 0) is 9.53 Å². The number of amides is 2. The van der Waals surface area contributed by atoms with Crippen LogP contribution in [0.1, 0.15) is 40.9 Å². The molecule has 2 saturated heterocycles. The molecule has 2 amide bonds. The Kier molecular flexibility index (Phi) is 5.18. The number of methoxy groups -OCH3 is 1. The summed E-state index contributed by atoms with van der Waals surface area (Å²) in [6.45, 7) is 6.32. The summed E-state index contributed by atoms with van der Waals surface area (Å²) in [6, 6.07) is 1.80. The number of nitrogens with zero attached hydrogens (tertiary/aromatic N) is 2. The number of rotatable bonds is 4. The molecule has 3 heterocycles. The molecule has 7 nitrogen and oxygen atoms in total. The van der Waals surface area contributed by atoms with Crippen molar-refractivity contribution in [3.8, 4) is 0 Å². The molecule has 1 aromatic rings. The van der Waals surface area contributed by atoms with Gasteiger partial charge in [-0.1, -0.05) is 0 Å². The largest absolute Gasteiger partial charge is 0.383 e. The normalized spacial score (nSPS) is 23.1. The number of aromatic nitrogens is 1. The Balaban J connectivity index is 1.79. The van der Waals surface area contributed by atoms with E-state index in [0.29, 0.717) is 38.2 Å². The van der Waals surface area contributed by atoms with Crippen LogP contribution >= 0.6 is 0 Å². The number of likely N-dealkylation sites (tertiary alicyclic amines) is 2. The Morgan fingerprint density at radius 2 is 2.04 bits per heavy atom. The van der Waals surface area contributed by atoms with Crippen LogP contribution in [0.25, 0.3) is 0 Å². The molecule has 1 N–H and O–H groups in total. The van der Waals surface area contributed by atoms with Gasteiger partial charge >= 0.3 is 0 Å². The summed E-state index contributed by atoms with van der Waals surface area (Å²) in [5.41, 5.74) is 0.733. The highest BCUT2D eigenvalue weighted by Crippen LogP contribution is 2.40. The standard InChI is InChI=1S/C19H27N3O4/c1-13-11-14(2)20-16(23)15(13)17(24)22-8-6-19(12-22)5-4-7-21(18(19)25)9-10-26-3/h11H,4-10,12H2,1-3H3,(H,20,23). The molecule has 1 unspecified atom stereocenters. The number of piperidine rings is 1. The zero-order chi connectivity index (χ0) is 18.9. The van der Waals surface area contributed by atoms with E-state index in [9.17, 15) is 14.4 Å². The number of carbonyl (C=O) groups is 2. The van der Waals surface area contributed by atoms with Gasteiger partial charge in [0, 0.05) is 39.0 Å². The van der Waals surface area contributed by atoms with Gasteiger partial charge in [0.05, 0.1) is 12.0 Å². The highest BCUT2D eigenvalue weighted by Gasteiger charge is 2.49. The van der Waals surface area contributed by atoms with Crippen LogP contribution < -0.4 is 5.56 Å². The first kappa shape index (κ1) is 18.6. The van der Waals surface area contributed by atoms with Crippen molar-refractivity contribution in [1.29, 1.82) is 0 Å². The van der Waals surface area contributed by atoms with Crippen molar-refractivity contribution in [3.63, 3.8) is 0 Å². The summed E-state index contributed by atoms with van der Waals surface area (Å²) < 4.78 is 5.10. The first-order chi connectivity index (χ1) is 12.4. The first-order valence-corrected chi connectivity index (χ1v) is 9.16. The lowest BCUT2D eigenvalue weighted by atomic mass is 9.78. The smallest absolute Gasteiger partial charge is 0.261 e. The number of aryl methyl sites for hydroxylation is 2. The average Bonchev–Trinajstić information content (AvgIpc) is 3.00. The highest BCUT2D eigenvalue weighted by molar-refractivity contribution is 5.96. The lowest BCUT2D eigenvalue weighted by Crippen LogP contribution is -2.51. The van der Waals surface area contributed by atoms with Crippen molar-refractivity contribution >= 4 is 11.8 Å². The number of nitrogens with one attached hydrogen (secondary N) is 1. The van der Waals surface area contributed by atoms with Crippen molar-refractivity contribution in [2.75, 3.05) is 39.9 Å². The van der Waals surface area contributed by atoms with Crippen LogP contribution in [0.3, 0.4) is 0 Å². The Hall–Kier alpha value is -2.15. The maximum Gasteiger partial charge on any atom is 0.261 e. The fourth-order valence-corrected chi connectivity index (χ4v) is 4.27. The van der Waals surface area contributed by atoms with E-state index in [1.165, 1.54) is 0 Å². The molecule has 1 spiro atoms. The van der Waals surface area contributed by atoms with E-state index in [1.54, 1.807) is 31.9 Å². The third kappa shape index (κ3) is 3.28. The minimum Gasteiger partial charge on any atom is -0.383 e. The summed E-state index contributed by atoms with van der Waals surface area (Å²) in [5, 5.41) is 0. The van der Waals surface area contributed by atoms with Gasteiger partial charge in [-0.05, 0) is 44.7 Å².